The van der Waals surface area contributed by atoms with E-state index in [0.29, 0.717) is 0 Å². The van der Waals surface area contributed by atoms with E-state index in [1.165, 1.54) is 11.8 Å². The van der Waals surface area contributed by atoms with E-state index in [1.54, 1.807) is 0 Å². The van der Waals surface area contributed by atoms with Crippen molar-refractivity contribution < 1.29 is 0 Å². The number of thioether (sulfide) groups is 1. The molecule has 2 rings (SSSR count). The monoisotopic (exact) mass is 306 g/mol. The number of aromatic nitrogens is 5. The van der Waals surface area contributed by atoms with Gasteiger partial charge in [0.25, 0.3) is 0 Å². The van der Waals surface area contributed by atoms with E-state index in [4.69, 9.17) is 0 Å². The van der Waals surface area contributed by atoms with E-state index >= 15 is 0 Å². The highest BCUT2D eigenvalue weighted by Crippen LogP contribution is 2.18. The van der Waals surface area contributed by atoms with Crippen LogP contribution in [0.1, 0.15) is 38.8 Å². The molecule has 114 valence electrons. The van der Waals surface area contributed by atoms with Crippen LogP contribution in [0.15, 0.2) is 11.2 Å². The normalized spacial score (nSPS) is 10.9. The maximum absolute atomic E-state index is 4.56. The number of hydrogen-bond donors (Lipinski definition) is 1. The highest BCUT2D eigenvalue weighted by atomic mass is 32.2. The maximum Gasteiger partial charge on any atom is 0.191 e. The summed E-state index contributed by atoms with van der Waals surface area (Å²) in [5.74, 6) is 3.39. The van der Waals surface area contributed by atoms with E-state index in [2.05, 4.69) is 46.1 Å². The molecule has 0 aromatic carbocycles. The predicted molar refractivity (Wildman–Crippen MR) is 86.3 cm³/mol. The minimum atomic E-state index is 0.738. The Kier molecular flexibility index (Phi) is 5.55. The van der Waals surface area contributed by atoms with Gasteiger partial charge in [-0.25, -0.2) is 15.0 Å². The van der Waals surface area contributed by atoms with Gasteiger partial charge in [0.1, 0.15) is 11.6 Å². The van der Waals surface area contributed by atoms with Crippen molar-refractivity contribution in [1.29, 1.82) is 0 Å². The van der Waals surface area contributed by atoms with Gasteiger partial charge < -0.3 is 5.32 Å². The Bertz CT molecular complexity index is 595. The summed E-state index contributed by atoms with van der Waals surface area (Å²) in [6.45, 7) is 7.15. The summed E-state index contributed by atoms with van der Waals surface area (Å²) >= 11 is 1.53. The molecule has 0 aliphatic carbocycles. The largest absolute Gasteiger partial charge is 0.370 e. The van der Waals surface area contributed by atoms with Crippen LogP contribution in [0.25, 0.3) is 5.82 Å². The van der Waals surface area contributed by atoms with Gasteiger partial charge in [0, 0.05) is 25.5 Å². The third-order valence-corrected chi connectivity index (χ3v) is 3.55. The lowest BCUT2D eigenvalue weighted by Gasteiger charge is -2.09. The van der Waals surface area contributed by atoms with Crippen LogP contribution in [-0.4, -0.2) is 37.5 Å². The molecule has 0 unspecified atom stereocenters. The molecule has 7 heteroatoms. The van der Waals surface area contributed by atoms with E-state index in [9.17, 15) is 0 Å². The fourth-order valence-electron chi connectivity index (χ4n) is 1.91. The molecule has 2 aromatic rings. The van der Waals surface area contributed by atoms with Gasteiger partial charge >= 0.3 is 0 Å². The van der Waals surface area contributed by atoms with Crippen molar-refractivity contribution in [2.24, 2.45) is 0 Å². The molecule has 0 bridgehead atoms. The van der Waals surface area contributed by atoms with Gasteiger partial charge in [-0.15, -0.1) is 5.10 Å². The van der Waals surface area contributed by atoms with Gasteiger partial charge in [0.15, 0.2) is 16.8 Å². The molecule has 6 nitrogen and oxygen atoms in total. The summed E-state index contributed by atoms with van der Waals surface area (Å²) in [6, 6.07) is 1.93. The zero-order valence-corrected chi connectivity index (χ0v) is 13.9. The highest BCUT2D eigenvalue weighted by Gasteiger charge is 2.12. The number of nitrogens with zero attached hydrogens (tertiary/aromatic N) is 5. The van der Waals surface area contributed by atoms with Crippen molar-refractivity contribution >= 4 is 17.6 Å². The molecule has 0 aliphatic rings. The molecule has 0 aliphatic heterocycles. The lowest BCUT2D eigenvalue weighted by molar-refractivity contribution is 0.748. The maximum atomic E-state index is 4.56. The van der Waals surface area contributed by atoms with Gasteiger partial charge in [-0.3, -0.25) is 0 Å². The first kappa shape index (κ1) is 15.8. The van der Waals surface area contributed by atoms with Gasteiger partial charge in [-0.1, -0.05) is 32.5 Å². The molecule has 0 amide bonds. The summed E-state index contributed by atoms with van der Waals surface area (Å²) < 4.78 is 1.83. The summed E-state index contributed by atoms with van der Waals surface area (Å²) in [7, 11) is 0. The van der Waals surface area contributed by atoms with Crippen LogP contribution >= 0.6 is 11.8 Å². The minimum absolute atomic E-state index is 0.738. The van der Waals surface area contributed by atoms with Crippen molar-refractivity contribution in [3.8, 4) is 5.82 Å². The first-order chi connectivity index (χ1) is 10.2. The van der Waals surface area contributed by atoms with Crippen LogP contribution in [0.3, 0.4) is 0 Å². The Hall–Kier alpha value is -1.63. The summed E-state index contributed by atoms with van der Waals surface area (Å²) in [5.41, 5.74) is 0. The van der Waals surface area contributed by atoms with Crippen molar-refractivity contribution in [3.05, 3.63) is 17.7 Å². The summed E-state index contributed by atoms with van der Waals surface area (Å²) in [6.07, 6.45) is 4.67. The fourth-order valence-corrected chi connectivity index (χ4v) is 2.28. The summed E-state index contributed by atoms with van der Waals surface area (Å²) in [5, 5.41) is 8.59. The van der Waals surface area contributed by atoms with Crippen LogP contribution in [0.2, 0.25) is 0 Å². The average Bonchev–Trinajstić information content (AvgIpc) is 2.96. The standard InChI is InChI=1S/C14H22N6S/c1-5-8-15-11-9-13(18-14(17-11)21-4)20-12(7-3)16-10(6-2)19-20/h9H,5-8H2,1-4H3,(H,15,17,18). The molecule has 0 fully saturated rings. The Labute approximate surface area is 129 Å². The van der Waals surface area contributed by atoms with Crippen molar-refractivity contribution in [1.82, 2.24) is 24.7 Å². The van der Waals surface area contributed by atoms with E-state index in [1.807, 2.05) is 17.0 Å². The number of nitrogens with one attached hydrogen (secondary N) is 1. The molecule has 1 N–H and O–H groups in total. The van der Waals surface area contributed by atoms with Crippen LogP contribution < -0.4 is 5.32 Å². The SMILES string of the molecule is CCCNc1cc(-n2nc(CC)nc2CC)nc(SC)n1. The fraction of sp³-hybridized carbons (Fsp3) is 0.571. The number of anilines is 1. The van der Waals surface area contributed by atoms with Crippen molar-refractivity contribution in [3.63, 3.8) is 0 Å². The second-order valence-corrected chi connectivity index (χ2v) is 5.36. The molecular formula is C14H22N6S. The summed E-state index contributed by atoms with van der Waals surface area (Å²) in [4.78, 5) is 13.6. The predicted octanol–water partition coefficient (Wildman–Crippen LogP) is 2.73. The first-order valence-electron chi connectivity index (χ1n) is 7.33. The van der Waals surface area contributed by atoms with Crippen molar-refractivity contribution in [2.75, 3.05) is 18.1 Å². The molecular weight excluding hydrogens is 284 g/mol. The number of hydrogen-bond acceptors (Lipinski definition) is 6. The van der Waals surface area contributed by atoms with E-state index in [0.717, 1.165) is 54.2 Å². The van der Waals surface area contributed by atoms with Gasteiger partial charge in [0.2, 0.25) is 0 Å². The van der Waals surface area contributed by atoms with Crippen molar-refractivity contribution in [2.45, 2.75) is 45.2 Å². The number of aryl methyl sites for hydroxylation is 2. The Morgan fingerprint density at radius 2 is 1.95 bits per heavy atom. The molecule has 0 saturated carbocycles. The smallest absolute Gasteiger partial charge is 0.191 e. The second-order valence-electron chi connectivity index (χ2n) is 4.59. The van der Waals surface area contributed by atoms with Crippen LogP contribution in [0.4, 0.5) is 5.82 Å². The van der Waals surface area contributed by atoms with Gasteiger partial charge in [-0.05, 0) is 12.7 Å². The quantitative estimate of drug-likeness (QED) is 0.626. The second kappa shape index (κ2) is 7.40. The molecule has 0 saturated heterocycles. The molecule has 0 spiro atoms. The molecule has 21 heavy (non-hydrogen) atoms. The molecule has 2 aromatic heterocycles. The Balaban J connectivity index is 2.44. The van der Waals surface area contributed by atoms with Gasteiger partial charge in [-0.2, -0.15) is 4.68 Å². The van der Waals surface area contributed by atoms with Gasteiger partial charge in [0.05, 0.1) is 0 Å². The lowest BCUT2D eigenvalue weighted by Crippen LogP contribution is -2.09. The molecule has 0 atom stereocenters. The highest BCUT2D eigenvalue weighted by molar-refractivity contribution is 7.98. The minimum Gasteiger partial charge on any atom is -0.370 e. The lowest BCUT2D eigenvalue weighted by atomic mass is 10.4. The zero-order valence-electron chi connectivity index (χ0n) is 13.1. The zero-order chi connectivity index (χ0) is 15.2. The first-order valence-corrected chi connectivity index (χ1v) is 8.56. The number of rotatable bonds is 7. The Morgan fingerprint density at radius 3 is 2.57 bits per heavy atom. The van der Waals surface area contributed by atoms with Crippen LogP contribution in [0.5, 0.6) is 0 Å². The Morgan fingerprint density at radius 1 is 1.14 bits per heavy atom. The topological polar surface area (TPSA) is 68.5 Å². The van der Waals surface area contributed by atoms with Crippen LogP contribution in [0, 0.1) is 0 Å². The van der Waals surface area contributed by atoms with Crippen LogP contribution in [-0.2, 0) is 12.8 Å². The molecule has 0 radical (unpaired) electrons. The third-order valence-electron chi connectivity index (χ3n) is 3.00. The van der Waals surface area contributed by atoms with E-state index in [-0.39, 0.29) is 0 Å². The van der Waals surface area contributed by atoms with E-state index < -0.39 is 0 Å². The average molecular weight is 306 g/mol. The third kappa shape index (κ3) is 3.72. The molecule has 2 heterocycles.